The average Bonchev–Trinajstić information content (AvgIpc) is 0.784. The van der Waals surface area contributed by atoms with Crippen LogP contribution in [0, 0.1) is 0 Å². The maximum absolute atomic E-state index is 13.5. The molecule has 19 heteroatoms. The monoisotopic (exact) mass is 1420 g/mol. The molecule has 17 atom stereocenters. The van der Waals surface area contributed by atoms with Gasteiger partial charge in [-0.2, -0.15) is 0 Å². The topological polar surface area (TPSA) is 307 Å². The first-order chi connectivity index (χ1) is 48.3. The Morgan fingerprint density at radius 1 is 0.323 bits per heavy atom. The summed E-state index contributed by atoms with van der Waals surface area (Å²) in [5.41, 5.74) is 0. The highest BCUT2D eigenvalue weighted by Crippen LogP contribution is 2.34. The number of aliphatic hydroxyl groups excluding tert-OH is 11. The molecule has 3 aliphatic rings. The van der Waals surface area contributed by atoms with Crippen LogP contribution in [0.2, 0.25) is 0 Å². The molecule has 0 aromatic heterocycles. The van der Waals surface area contributed by atoms with Crippen molar-refractivity contribution in [2.24, 2.45) is 0 Å². The normalized spacial score (nSPS) is 26.5. The third kappa shape index (κ3) is 42.1. The Bertz CT molecular complexity index is 1790. The Labute approximate surface area is 602 Å². The predicted molar refractivity (Wildman–Crippen MR) is 393 cm³/mol. The zero-order chi connectivity index (χ0) is 71.8. The van der Waals surface area contributed by atoms with Gasteiger partial charge in [-0.3, -0.25) is 4.79 Å². The number of ether oxygens (including phenoxy) is 6. The van der Waals surface area contributed by atoms with Gasteiger partial charge in [-0.15, -0.1) is 0 Å². The Morgan fingerprint density at radius 2 is 0.576 bits per heavy atom. The van der Waals surface area contributed by atoms with Crippen LogP contribution in [-0.4, -0.2) is 193 Å². The molecule has 3 heterocycles. The van der Waals surface area contributed by atoms with Gasteiger partial charge in [0.15, 0.2) is 18.9 Å². The smallest absolute Gasteiger partial charge is 0.220 e. The summed E-state index contributed by atoms with van der Waals surface area (Å²) in [4.78, 5) is 13.5. The van der Waals surface area contributed by atoms with Crippen LogP contribution in [0.25, 0.3) is 0 Å². The van der Waals surface area contributed by atoms with E-state index < -0.39 is 124 Å². The number of hydrogen-bond donors (Lipinski definition) is 12. The van der Waals surface area contributed by atoms with Crippen molar-refractivity contribution >= 4 is 5.91 Å². The molecule has 3 rings (SSSR count). The zero-order valence-electron chi connectivity index (χ0n) is 63.0. The number of carbonyl (C=O) groups excluding carboxylic acids is 1. The molecule has 0 aliphatic carbocycles. The number of nitrogens with one attached hydrogen (secondary N) is 1. The van der Waals surface area contributed by atoms with Crippen molar-refractivity contribution in [2.75, 3.05) is 26.4 Å². The second-order valence-electron chi connectivity index (χ2n) is 30.3. The molecule has 0 bridgehead atoms. The molecule has 0 aromatic rings. The summed E-state index contributed by atoms with van der Waals surface area (Å²) in [5.74, 6) is -0.234. The minimum atomic E-state index is -1.97. The lowest BCUT2D eigenvalue weighted by Gasteiger charge is -2.48. The second-order valence-corrected chi connectivity index (χ2v) is 30.3. The summed E-state index contributed by atoms with van der Waals surface area (Å²) in [5, 5.41) is 121. The fraction of sp³-hybridized carbons (Fsp3) is 0.988. The van der Waals surface area contributed by atoms with E-state index in [1.165, 1.54) is 295 Å². The third-order valence-electron chi connectivity index (χ3n) is 21.4. The van der Waals surface area contributed by atoms with E-state index in [0.717, 1.165) is 44.9 Å². The molecular weight excluding hydrogens is 1260 g/mol. The zero-order valence-corrected chi connectivity index (χ0v) is 63.0. The lowest BCUT2D eigenvalue weighted by atomic mass is 9.96. The first kappa shape index (κ1) is 92.0. The van der Waals surface area contributed by atoms with E-state index in [1.54, 1.807) is 0 Å². The average molecular weight is 1420 g/mol. The largest absolute Gasteiger partial charge is 0.394 e. The Hall–Kier alpha value is -1.21. The Kier molecular flexibility index (Phi) is 57.5. The van der Waals surface area contributed by atoms with Gasteiger partial charge in [0.2, 0.25) is 5.91 Å². The molecule has 12 N–H and O–H groups in total. The lowest BCUT2D eigenvalue weighted by molar-refractivity contribution is -0.379. The van der Waals surface area contributed by atoms with Crippen molar-refractivity contribution in [3.63, 3.8) is 0 Å². The number of carbonyl (C=O) groups is 1. The van der Waals surface area contributed by atoms with Crippen LogP contribution in [0.15, 0.2) is 0 Å². The molecule has 0 saturated carbocycles. The molecule has 0 spiro atoms. The second kappa shape index (κ2) is 61.9. The fourth-order valence-corrected chi connectivity index (χ4v) is 14.7. The molecule has 1 amide bonds. The molecule has 3 aliphatic heterocycles. The first-order valence-electron chi connectivity index (χ1n) is 41.8. The van der Waals surface area contributed by atoms with Gasteiger partial charge in [0, 0.05) is 6.42 Å². The van der Waals surface area contributed by atoms with E-state index in [4.69, 9.17) is 28.4 Å². The van der Waals surface area contributed by atoms with Gasteiger partial charge in [-0.25, -0.2) is 0 Å². The van der Waals surface area contributed by atoms with E-state index in [-0.39, 0.29) is 18.9 Å². The molecule has 17 unspecified atom stereocenters. The number of amides is 1. The van der Waals surface area contributed by atoms with Crippen molar-refractivity contribution in [2.45, 2.75) is 478 Å². The van der Waals surface area contributed by atoms with Crippen molar-refractivity contribution in [1.82, 2.24) is 5.32 Å². The molecule has 19 nitrogen and oxygen atoms in total. The summed E-state index contributed by atoms with van der Waals surface area (Å²) < 4.78 is 34.5. The van der Waals surface area contributed by atoms with Gasteiger partial charge in [0.1, 0.15) is 73.2 Å². The number of unbranched alkanes of at least 4 members (excludes halogenated alkanes) is 52. The molecule has 588 valence electrons. The van der Waals surface area contributed by atoms with Crippen LogP contribution in [0.3, 0.4) is 0 Å². The van der Waals surface area contributed by atoms with E-state index >= 15 is 0 Å². The summed E-state index contributed by atoms with van der Waals surface area (Å²) in [6.07, 6.45) is 45.2. The van der Waals surface area contributed by atoms with E-state index in [0.29, 0.717) is 12.8 Å². The van der Waals surface area contributed by atoms with Gasteiger partial charge >= 0.3 is 0 Å². The molecule has 3 saturated heterocycles. The molecule has 3 fully saturated rings. The maximum Gasteiger partial charge on any atom is 0.220 e. The predicted octanol–water partition coefficient (Wildman–Crippen LogP) is 14.2. The number of aliphatic hydroxyl groups is 11. The SMILES string of the molecule is CCCCCCCCCCCCCCCCCCCCCCCCCCCCCCCCCCCCCCCCCC(=O)NC(COC1OC(CO)C(OC2OC(CO)C(OC3OC(CO)C(O)C(O)C3O)C(O)C2O)C(O)C1O)C(O)CCCCCCCCCCCCCCCCC. The third-order valence-corrected chi connectivity index (χ3v) is 21.4. The number of rotatable bonds is 68. The summed E-state index contributed by atoms with van der Waals surface area (Å²) in [6.45, 7) is 1.86. The standard InChI is InChI=1S/C80H155NO18/c1-3-5-7-9-11-13-15-17-19-20-21-22-23-24-25-26-27-28-29-30-31-32-33-34-35-36-37-38-39-40-41-42-44-46-48-50-52-54-56-58-68(86)81-63(64(85)57-55-53-51-49-47-45-43-18-16-14-12-10-8-6-4-2)62-94-78-74(92)71(89)76(66(60-83)96-78)99-80-75(93)72(90)77(67(61-84)97-80)98-79-73(91)70(88)69(87)65(59-82)95-79/h63-67,69-80,82-85,87-93H,3-62H2,1-2H3,(H,81,86). The summed E-state index contributed by atoms with van der Waals surface area (Å²) in [6, 6.07) is -0.882. The minimum absolute atomic E-state index is 0.234. The minimum Gasteiger partial charge on any atom is -0.394 e. The maximum atomic E-state index is 13.5. The van der Waals surface area contributed by atoms with Crippen LogP contribution < -0.4 is 5.32 Å². The van der Waals surface area contributed by atoms with Gasteiger partial charge in [-0.05, 0) is 12.8 Å². The van der Waals surface area contributed by atoms with Crippen LogP contribution >= 0.6 is 0 Å². The summed E-state index contributed by atoms with van der Waals surface area (Å²) >= 11 is 0. The van der Waals surface area contributed by atoms with Gasteiger partial charge in [-0.1, -0.05) is 354 Å². The van der Waals surface area contributed by atoms with Crippen LogP contribution in [0.5, 0.6) is 0 Å². The Morgan fingerprint density at radius 3 is 0.879 bits per heavy atom. The van der Waals surface area contributed by atoms with Gasteiger partial charge in [0.05, 0.1) is 38.6 Å². The van der Waals surface area contributed by atoms with E-state index in [1.807, 2.05) is 0 Å². The van der Waals surface area contributed by atoms with Crippen LogP contribution in [0.1, 0.15) is 373 Å². The van der Waals surface area contributed by atoms with Crippen molar-refractivity contribution < 1.29 is 89.4 Å². The fourth-order valence-electron chi connectivity index (χ4n) is 14.7. The molecule has 99 heavy (non-hydrogen) atoms. The van der Waals surface area contributed by atoms with E-state index in [9.17, 15) is 61.0 Å². The lowest BCUT2D eigenvalue weighted by Crippen LogP contribution is -2.66. The highest BCUT2D eigenvalue weighted by molar-refractivity contribution is 5.76. The highest BCUT2D eigenvalue weighted by atomic mass is 16.8. The molecule has 0 radical (unpaired) electrons. The van der Waals surface area contributed by atoms with E-state index in [2.05, 4.69) is 19.2 Å². The first-order valence-corrected chi connectivity index (χ1v) is 41.8. The Balaban J connectivity index is 1.27. The van der Waals surface area contributed by atoms with Crippen molar-refractivity contribution in [3.8, 4) is 0 Å². The quantitative estimate of drug-likeness (QED) is 0.0252. The molecule has 0 aromatic carbocycles. The van der Waals surface area contributed by atoms with Crippen molar-refractivity contribution in [1.29, 1.82) is 0 Å². The molecular formula is C80H155NO18. The summed E-state index contributed by atoms with van der Waals surface area (Å²) in [7, 11) is 0. The van der Waals surface area contributed by atoms with Gasteiger partial charge < -0.3 is 89.9 Å². The van der Waals surface area contributed by atoms with Crippen LogP contribution in [0.4, 0.5) is 0 Å². The van der Waals surface area contributed by atoms with Crippen LogP contribution in [-0.2, 0) is 33.2 Å². The highest BCUT2D eigenvalue weighted by Gasteiger charge is 2.54. The van der Waals surface area contributed by atoms with Crippen molar-refractivity contribution in [3.05, 3.63) is 0 Å². The van der Waals surface area contributed by atoms with Gasteiger partial charge in [0.25, 0.3) is 0 Å². The number of hydrogen-bond acceptors (Lipinski definition) is 18.